The van der Waals surface area contributed by atoms with E-state index in [9.17, 15) is 29.7 Å². The molecular formula is C29H31Na3O8. The van der Waals surface area contributed by atoms with E-state index in [1.54, 1.807) is 60.7 Å². The smallest absolute Gasteiger partial charge is 0.545 e. The van der Waals surface area contributed by atoms with Crippen LogP contribution in [0, 0.1) is 0 Å². The van der Waals surface area contributed by atoms with Crippen molar-refractivity contribution in [3.8, 4) is 0 Å². The molecule has 1 fully saturated rings. The van der Waals surface area contributed by atoms with Crippen LogP contribution in [0.25, 0.3) is 0 Å². The van der Waals surface area contributed by atoms with Crippen molar-refractivity contribution >= 4 is 24.2 Å². The molecule has 3 aromatic carbocycles. The Kier molecular flexibility index (Phi) is 40.5. The average Bonchev–Trinajstić information content (AvgIpc) is 3.69. The van der Waals surface area contributed by atoms with Gasteiger partial charge in [-0.2, -0.15) is 0 Å². The topological polar surface area (TPSA) is 150 Å². The molecule has 4 rings (SSSR count). The van der Waals surface area contributed by atoms with E-state index in [4.69, 9.17) is 9.53 Å². The number of hydrogen-bond acceptors (Lipinski definition) is 8. The number of ether oxygens (including phenoxy) is 1. The first-order valence-electron chi connectivity index (χ1n) is 11.0. The van der Waals surface area contributed by atoms with Crippen molar-refractivity contribution in [2.75, 3.05) is 6.61 Å². The first-order chi connectivity index (χ1) is 17.6. The summed E-state index contributed by atoms with van der Waals surface area (Å²) in [6.07, 6.45) is 3.08. The number of carbonyl (C=O) groups is 4. The Bertz CT molecular complexity index is 907. The number of benzene rings is 3. The summed E-state index contributed by atoms with van der Waals surface area (Å²) >= 11 is 0. The van der Waals surface area contributed by atoms with Gasteiger partial charge in [-0.1, -0.05) is 97.1 Å². The van der Waals surface area contributed by atoms with Crippen LogP contribution < -0.4 is 104 Å². The Morgan fingerprint density at radius 1 is 0.675 bits per heavy atom. The summed E-state index contributed by atoms with van der Waals surface area (Å²) in [5, 5.41) is 30.3. The maximum Gasteiger partial charge on any atom is 1.00 e. The zero-order valence-corrected chi connectivity index (χ0v) is 30.1. The molecule has 1 saturated heterocycles. The molecule has 1 atom stereocenters. The van der Waals surface area contributed by atoms with Gasteiger partial charge in [0.05, 0.1) is 30.6 Å². The summed E-state index contributed by atoms with van der Waals surface area (Å²) in [5.41, 5.74) is 0.660. The summed E-state index contributed by atoms with van der Waals surface area (Å²) in [6, 6.07) is 24.2. The second-order valence-corrected chi connectivity index (χ2v) is 6.75. The van der Waals surface area contributed by atoms with Crippen molar-refractivity contribution in [1.29, 1.82) is 0 Å². The van der Waals surface area contributed by atoms with Crippen LogP contribution in [0.5, 0.6) is 0 Å². The van der Waals surface area contributed by atoms with Gasteiger partial charge in [-0.15, -0.1) is 6.58 Å². The van der Waals surface area contributed by atoms with Crippen molar-refractivity contribution in [2.24, 2.45) is 0 Å². The average molecular weight is 577 g/mol. The van der Waals surface area contributed by atoms with Gasteiger partial charge in [0.25, 0.3) is 0 Å². The monoisotopic (exact) mass is 576 g/mol. The number of aldehydes is 1. The molecule has 8 nitrogen and oxygen atoms in total. The largest absolute Gasteiger partial charge is 1.00 e. The second-order valence-electron chi connectivity index (χ2n) is 6.75. The molecule has 1 heterocycles. The van der Waals surface area contributed by atoms with Crippen LogP contribution in [0.3, 0.4) is 0 Å². The number of hydrogen-bond donors (Lipinski definition) is 0. The predicted octanol–water partition coefficient (Wildman–Crippen LogP) is -7.04. The van der Waals surface area contributed by atoms with Crippen LogP contribution >= 0.6 is 0 Å². The van der Waals surface area contributed by atoms with Gasteiger partial charge in [0.2, 0.25) is 0 Å². The standard InChI is InChI=1S/3C7H6O2.C3H6O.C3H6.C2H4O.3Na/c3*8-7(9)6-4-2-1-3-5-6;1-3-2-4-3;1-3-2;1-2-3;;;/h3*1-5H,(H,8,9);3H,2H2,1H3;3H,1H2,2H3;2H,1H3;;;/q;;;;;;3*+1/p-3. The molecule has 0 radical (unpaired) electrons. The molecule has 198 valence electrons. The predicted molar refractivity (Wildman–Crippen MR) is 135 cm³/mol. The molecule has 0 aromatic heterocycles. The van der Waals surface area contributed by atoms with Crippen LogP contribution in [0.15, 0.2) is 104 Å². The first-order valence-corrected chi connectivity index (χ1v) is 11.0. The molecule has 0 saturated carbocycles. The molecule has 1 unspecified atom stereocenters. The third-order valence-electron chi connectivity index (χ3n) is 3.53. The van der Waals surface area contributed by atoms with Crippen LogP contribution in [-0.2, 0) is 9.53 Å². The summed E-state index contributed by atoms with van der Waals surface area (Å²) in [4.78, 5) is 39.1. The minimum atomic E-state index is -1.13. The summed E-state index contributed by atoms with van der Waals surface area (Å²) < 4.78 is 4.71. The third kappa shape index (κ3) is 32.7. The fourth-order valence-electron chi connectivity index (χ4n) is 1.82. The number of carboxylic acids is 3. The van der Waals surface area contributed by atoms with Crippen LogP contribution in [-0.4, -0.2) is 36.9 Å². The second kappa shape index (κ2) is 33.6. The van der Waals surface area contributed by atoms with Crippen LogP contribution in [0.4, 0.5) is 0 Å². The summed E-state index contributed by atoms with van der Waals surface area (Å²) in [7, 11) is 0. The van der Waals surface area contributed by atoms with Crippen molar-refractivity contribution in [1.82, 2.24) is 0 Å². The maximum absolute atomic E-state index is 10.1. The molecule has 0 spiro atoms. The zero-order chi connectivity index (χ0) is 28.5. The van der Waals surface area contributed by atoms with Gasteiger partial charge in [-0.3, -0.25) is 0 Å². The van der Waals surface area contributed by atoms with Gasteiger partial charge in [0.1, 0.15) is 6.29 Å². The molecule has 0 amide bonds. The van der Waals surface area contributed by atoms with E-state index in [-0.39, 0.29) is 105 Å². The van der Waals surface area contributed by atoms with Gasteiger partial charge >= 0.3 is 88.7 Å². The quantitative estimate of drug-likeness (QED) is 0.129. The Balaban J connectivity index is -0.000000127. The molecule has 3 aromatic rings. The van der Waals surface area contributed by atoms with Crippen molar-refractivity contribution in [3.05, 3.63) is 120 Å². The number of aromatic carboxylic acids is 3. The van der Waals surface area contributed by atoms with Gasteiger partial charge in [-0.05, 0) is 37.5 Å². The minimum Gasteiger partial charge on any atom is -0.545 e. The Hall–Kier alpha value is -1.56. The molecule has 0 aliphatic carbocycles. The van der Waals surface area contributed by atoms with E-state index in [0.717, 1.165) is 12.9 Å². The first kappa shape index (κ1) is 48.2. The summed E-state index contributed by atoms with van der Waals surface area (Å²) in [5.74, 6) is -3.39. The summed E-state index contributed by atoms with van der Waals surface area (Å²) in [6.45, 7) is 9.74. The number of rotatable bonds is 3. The van der Waals surface area contributed by atoms with Gasteiger partial charge in [0.15, 0.2) is 0 Å². The molecule has 0 bridgehead atoms. The van der Waals surface area contributed by atoms with Crippen LogP contribution in [0.2, 0.25) is 0 Å². The third-order valence-corrected chi connectivity index (χ3v) is 3.53. The Labute approximate surface area is 302 Å². The van der Waals surface area contributed by atoms with Crippen LogP contribution in [0.1, 0.15) is 51.8 Å². The van der Waals surface area contributed by atoms with E-state index in [2.05, 4.69) is 13.5 Å². The maximum atomic E-state index is 10.1. The molecular weight excluding hydrogens is 545 g/mol. The number of allylic oxidation sites excluding steroid dienone is 1. The Morgan fingerprint density at radius 2 is 0.825 bits per heavy atom. The van der Waals surface area contributed by atoms with E-state index in [1.807, 2.05) is 6.92 Å². The fourth-order valence-corrected chi connectivity index (χ4v) is 1.82. The van der Waals surface area contributed by atoms with E-state index >= 15 is 0 Å². The van der Waals surface area contributed by atoms with Crippen molar-refractivity contribution < 1.29 is 128 Å². The normalized spacial score (nSPS) is 10.6. The number of carboxylic acid groups (broad SMARTS) is 3. The molecule has 0 N–H and O–H groups in total. The van der Waals surface area contributed by atoms with E-state index < -0.39 is 17.9 Å². The molecule has 11 heteroatoms. The number of carbonyl (C=O) groups excluding carboxylic acids is 4. The van der Waals surface area contributed by atoms with E-state index in [0.29, 0.717) is 6.10 Å². The Morgan fingerprint density at radius 3 is 0.900 bits per heavy atom. The van der Waals surface area contributed by atoms with E-state index in [1.165, 1.54) is 43.3 Å². The minimum absolute atomic E-state index is 0. The SMILES string of the molecule is C=CC.CC1CO1.CC=O.O=C([O-])c1ccccc1.O=C([O-])c1ccccc1.O=C([O-])c1ccccc1.[Na+].[Na+].[Na+]. The van der Waals surface area contributed by atoms with Gasteiger partial charge in [-0.25, -0.2) is 0 Å². The zero-order valence-electron chi connectivity index (χ0n) is 24.1. The molecule has 1 aliphatic rings. The van der Waals surface area contributed by atoms with Gasteiger partial charge in [0, 0.05) is 0 Å². The van der Waals surface area contributed by atoms with Crippen molar-refractivity contribution in [2.45, 2.75) is 26.9 Å². The number of epoxide rings is 1. The molecule has 40 heavy (non-hydrogen) atoms. The molecule has 1 aliphatic heterocycles. The fraction of sp³-hybridized carbons (Fsp3) is 0.172. The van der Waals surface area contributed by atoms with Crippen molar-refractivity contribution in [3.63, 3.8) is 0 Å². The van der Waals surface area contributed by atoms with Gasteiger partial charge < -0.3 is 39.2 Å².